The highest BCUT2D eigenvalue weighted by molar-refractivity contribution is 6.17. The lowest BCUT2D eigenvalue weighted by atomic mass is 10.1. The first-order valence-corrected chi connectivity index (χ1v) is 6.07. The third-order valence-corrected chi connectivity index (χ3v) is 2.66. The normalized spacial score (nSPS) is 11.9. The van der Waals surface area contributed by atoms with Crippen LogP contribution >= 0.6 is 11.6 Å². The van der Waals surface area contributed by atoms with Crippen LogP contribution in [-0.2, 0) is 0 Å². The summed E-state index contributed by atoms with van der Waals surface area (Å²) in [6.45, 7) is 1.96. The molecule has 1 heterocycles. The van der Waals surface area contributed by atoms with Crippen LogP contribution in [0.25, 0.3) is 0 Å². The molecular weight excluding hydrogens is 240 g/mol. The van der Waals surface area contributed by atoms with Gasteiger partial charge in [0.2, 0.25) is 0 Å². The Morgan fingerprint density at radius 2 is 2.41 bits per heavy atom. The van der Waals surface area contributed by atoms with E-state index in [1.165, 1.54) is 13.3 Å². The molecule has 1 rings (SSSR count). The predicted octanol–water partition coefficient (Wildman–Crippen LogP) is 2.23. The minimum absolute atomic E-state index is 0.0964. The second-order valence-electron chi connectivity index (χ2n) is 3.78. The van der Waals surface area contributed by atoms with Crippen LogP contribution in [0.1, 0.15) is 30.1 Å². The number of methoxy groups -OCH3 is 1. The van der Waals surface area contributed by atoms with Crippen LogP contribution in [0.2, 0.25) is 0 Å². The number of rotatable bonds is 6. The van der Waals surface area contributed by atoms with E-state index in [2.05, 4.69) is 10.3 Å². The quantitative estimate of drug-likeness (QED) is 0.794. The van der Waals surface area contributed by atoms with Gasteiger partial charge in [0.15, 0.2) is 0 Å². The molecule has 0 aliphatic carbocycles. The van der Waals surface area contributed by atoms with E-state index in [9.17, 15) is 4.79 Å². The van der Waals surface area contributed by atoms with Gasteiger partial charge in [0.25, 0.3) is 5.91 Å². The van der Waals surface area contributed by atoms with Crippen molar-refractivity contribution in [2.24, 2.45) is 0 Å². The molecule has 1 aromatic heterocycles. The van der Waals surface area contributed by atoms with Gasteiger partial charge in [-0.2, -0.15) is 0 Å². The van der Waals surface area contributed by atoms with E-state index in [-0.39, 0.29) is 11.9 Å². The molecule has 0 bridgehead atoms. The summed E-state index contributed by atoms with van der Waals surface area (Å²) in [5, 5.41) is 2.90. The number of halogens is 1. The molecule has 0 aromatic carbocycles. The maximum atomic E-state index is 11.9. The maximum Gasteiger partial charge on any atom is 0.255 e. The molecule has 5 heteroatoms. The fourth-order valence-corrected chi connectivity index (χ4v) is 1.64. The number of carbonyl (C=O) groups excluding carboxylic acids is 1. The Morgan fingerprint density at radius 1 is 1.65 bits per heavy atom. The Kier molecular flexibility index (Phi) is 5.77. The van der Waals surface area contributed by atoms with E-state index in [1.807, 2.05) is 6.92 Å². The molecule has 0 radical (unpaired) electrons. The summed E-state index contributed by atoms with van der Waals surface area (Å²) < 4.78 is 5.08. The molecule has 0 saturated carbocycles. The van der Waals surface area contributed by atoms with Gasteiger partial charge >= 0.3 is 0 Å². The Hall–Kier alpha value is -1.29. The highest BCUT2D eigenvalue weighted by Crippen LogP contribution is 2.15. The van der Waals surface area contributed by atoms with E-state index in [0.717, 1.165) is 12.8 Å². The van der Waals surface area contributed by atoms with Crippen LogP contribution in [-0.4, -0.2) is 29.9 Å². The average molecular weight is 257 g/mol. The van der Waals surface area contributed by atoms with Crippen molar-refractivity contribution in [3.63, 3.8) is 0 Å². The van der Waals surface area contributed by atoms with E-state index in [0.29, 0.717) is 17.2 Å². The second-order valence-corrected chi connectivity index (χ2v) is 4.16. The first-order valence-electron chi connectivity index (χ1n) is 5.54. The lowest BCUT2D eigenvalue weighted by molar-refractivity contribution is 0.0935. The van der Waals surface area contributed by atoms with E-state index < -0.39 is 0 Å². The lowest BCUT2D eigenvalue weighted by Crippen LogP contribution is -2.32. The maximum absolute atomic E-state index is 11.9. The van der Waals surface area contributed by atoms with Crippen LogP contribution < -0.4 is 10.1 Å². The van der Waals surface area contributed by atoms with Crippen LogP contribution in [0, 0.1) is 0 Å². The molecule has 0 saturated heterocycles. The lowest BCUT2D eigenvalue weighted by Gasteiger charge is -2.14. The summed E-state index contributed by atoms with van der Waals surface area (Å²) in [7, 11) is 1.52. The van der Waals surface area contributed by atoms with Crippen LogP contribution in [0.15, 0.2) is 18.5 Å². The summed E-state index contributed by atoms with van der Waals surface area (Å²) in [6.07, 6.45) is 4.85. The number of nitrogens with zero attached hydrogens (tertiary/aromatic N) is 1. The molecule has 1 N–H and O–H groups in total. The summed E-state index contributed by atoms with van der Waals surface area (Å²) in [4.78, 5) is 15.9. The van der Waals surface area contributed by atoms with Crippen molar-refractivity contribution in [1.82, 2.24) is 10.3 Å². The molecule has 17 heavy (non-hydrogen) atoms. The average Bonchev–Trinajstić information content (AvgIpc) is 2.36. The van der Waals surface area contributed by atoms with Crippen molar-refractivity contribution in [1.29, 1.82) is 0 Å². The summed E-state index contributed by atoms with van der Waals surface area (Å²) >= 11 is 5.61. The number of carbonyl (C=O) groups is 1. The van der Waals surface area contributed by atoms with Gasteiger partial charge in [0.1, 0.15) is 5.75 Å². The third kappa shape index (κ3) is 4.23. The van der Waals surface area contributed by atoms with Crippen LogP contribution in [0.3, 0.4) is 0 Å². The second kappa shape index (κ2) is 7.12. The first kappa shape index (κ1) is 13.8. The molecule has 1 aromatic rings. The zero-order valence-corrected chi connectivity index (χ0v) is 10.8. The Bertz CT molecular complexity index is 371. The Balaban J connectivity index is 2.63. The molecule has 1 amide bonds. The van der Waals surface area contributed by atoms with Gasteiger partial charge < -0.3 is 10.1 Å². The predicted molar refractivity (Wildman–Crippen MR) is 67.7 cm³/mol. The van der Waals surface area contributed by atoms with Gasteiger partial charge in [-0.3, -0.25) is 9.78 Å². The topological polar surface area (TPSA) is 51.2 Å². The van der Waals surface area contributed by atoms with Gasteiger partial charge in [0, 0.05) is 18.1 Å². The molecule has 1 unspecified atom stereocenters. The van der Waals surface area contributed by atoms with Crippen molar-refractivity contribution in [2.75, 3.05) is 13.0 Å². The number of hydrogen-bond donors (Lipinski definition) is 1. The summed E-state index contributed by atoms with van der Waals surface area (Å²) in [5.74, 6) is 0.944. The van der Waals surface area contributed by atoms with E-state index >= 15 is 0 Å². The number of amides is 1. The van der Waals surface area contributed by atoms with Gasteiger partial charge in [-0.05, 0) is 25.8 Å². The van der Waals surface area contributed by atoms with Crippen LogP contribution in [0.4, 0.5) is 0 Å². The minimum atomic E-state index is -0.147. The number of nitrogens with one attached hydrogen (secondary N) is 1. The molecule has 0 spiro atoms. The third-order valence-electron chi connectivity index (χ3n) is 2.40. The van der Waals surface area contributed by atoms with Crippen molar-refractivity contribution in [3.05, 3.63) is 24.0 Å². The Labute approximate surface area is 106 Å². The number of aromatic nitrogens is 1. The SMILES string of the molecule is COc1cnccc1C(=O)NC(C)CCCCl. The molecule has 0 aliphatic heterocycles. The fourth-order valence-electron chi connectivity index (χ4n) is 1.49. The highest BCUT2D eigenvalue weighted by Gasteiger charge is 2.13. The van der Waals surface area contributed by atoms with Crippen molar-refractivity contribution >= 4 is 17.5 Å². The zero-order chi connectivity index (χ0) is 12.7. The molecule has 0 aliphatic rings. The number of ether oxygens (including phenoxy) is 1. The molecular formula is C12H17ClN2O2. The molecule has 94 valence electrons. The molecule has 4 nitrogen and oxygen atoms in total. The van der Waals surface area contributed by atoms with Crippen molar-refractivity contribution in [3.8, 4) is 5.75 Å². The number of alkyl halides is 1. The summed E-state index contributed by atoms with van der Waals surface area (Å²) in [5.41, 5.74) is 0.500. The fraction of sp³-hybridized carbons (Fsp3) is 0.500. The monoisotopic (exact) mass is 256 g/mol. The van der Waals surface area contributed by atoms with Gasteiger partial charge in [-0.25, -0.2) is 0 Å². The zero-order valence-electron chi connectivity index (χ0n) is 10.1. The highest BCUT2D eigenvalue weighted by atomic mass is 35.5. The van der Waals surface area contributed by atoms with Gasteiger partial charge in [-0.1, -0.05) is 0 Å². The number of pyridine rings is 1. The van der Waals surface area contributed by atoms with Crippen molar-refractivity contribution in [2.45, 2.75) is 25.8 Å². The smallest absolute Gasteiger partial charge is 0.255 e. The van der Waals surface area contributed by atoms with Gasteiger partial charge in [-0.15, -0.1) is 11.6 Å². The molecule has 0 fully saturated rings. The number of hydrogen-bond acceptors (Lipinski definition) is 3. The largest absolute Gasteiger partial charge is 0.494 e. The van der Waals surface area contributed by atoms with Crippen LogP contribution in [0.5, 0.6) is 5.75 Å². The van der Waals surface area contributed by atoms with Crippen molar-refractivity contribution < 1.29 is 9.53 Å². The summed E-state index contributed by atoms with van der Waals surface area (Å²) in [6, 6.07) is 1.74. The van der Waals surface area contributed by atoms with Gasteiger partial charge in [0.05, 0.1) is 18.9 Å². The molecule has 1 atom stereocenters. The Morgan fingerprint density at radius 3 is 3.06 bits per heavy atom. The van der Waals surface area contributed by atoms with E-state index in [1.54, 1.807) is 12.3 Å². The standard InChI is InChI=1S/C12H17ClN2O2/c1-9(4-3-6-13)15-12(16)10-5-7-14-8-11(10)17-2/h5,7-9H,3-4,6H2,1-2H3,(H,15,16). The minimum Gasteiger partial charge on any atom is -0.494 e. The van der Waals surface area contributed by atoms with E-state index in [4.69, 9.17) is 16.3 Å². The first-order chi connectivity index (χ1) is 8.19.